The summed E-state index contributed by atoms with van der Waals surface area (Å²) in [6.07, 6.45) is 3.35. The molecule has 0 aromatic heterocycles. The van der Waals surface area contributed by atoms with Gasteiger partial charge in [-0.25, -0.2) is 0 Å². The topological polar surface area (TPSA) is 45.1 Å². The van der Waals surface area contributed by atoms with E-state index in [-0.39, 0.29) is 5.54 Å². The van der Waals surface area contributed by atoms with Crippen LogP contribution in [0.2, 0.25) is 0 Å². The van der Waals surface area contributed by atoms with E-state index in [0.29, 0.717) is 12.3 Å². The molecule has 0 radical (unpaired) electrons. The van der Waals surface area contributed by atoms with Gasteiger partial charge >= 0.3 is 0 Å². The molecule has 3 nitrogen and oxygen atoms in total. The second-order valence-electron chi connectivity index (χ2n) is 5.55. The Bertz CT molecular complexity index is 462. The van der Waals surface area contributed by atoms with E-state index >= 15 is 0 Å². The minimum atomic E-state index is 0.0544. The highest BCUT2D eigenvalue weighted by atomic mass is 16.5. The zero-order valence-electron chi connectivity index (χ0n) is 12.2. The average Bonchev–Trinajstić information content (AvgIpc) is 2.84. The maximum Gasteiger partial charge on any atom is 0.128 e. The Morgan fingerprint density at radius 3 is 2.84 bits per heavy atom. The van der Waals surface area contributed by atoms with E-state index in [2.05, 4.69) is 31.3 Å². The fourth-order valence-corrected chi connectivity index (χ4v) is 2.65. The Labute approximate surface area is 115 Å². The fourth-order valence-electron chi connectivity index (χ4n) is 2.65. The molecule has 1 aliphatic rings. The van der Waals surface area contributed by atoms with Crippen LogP contribution >= 0.6 is 0 Å². The van der Waals surface area contributed by atoms with Crippen LogP contribution in [0.3, 0.4) is 0 Å². The molecule has 3 heteroatoms. The monoisotopic (exact) mass is 260 g/mol. The van der Waals surface area contributed by atoms with E-state index in [1.807, 2.05) is 13.0 Å². The van der Waals surface area contributed by atoms with Crippen molar-refractivity contribution < 1.29 is 4.74 Å². The predicted octanol–water partition coefficient (Wildman–Crippen LogP) is 3.46. The van der Waals surface area contributed by atoms with E-state index < -0.39 is 0 Å². The van der Waals surface area contributed by atoms with Crippen LogP contribution < -0.4 is 10.1 Å². The number of hydrogen-bond acceptors (Lipinski definition) is 3. The number of hydrogen-bond donors (Lipinski definition) is 2. The van der Waals surface area contributed by atoms with Crippen LogP contribution in [0.5, 0.6) is 5.75 Å². The van der Waals surface area contributed by atoms with Crippen LogP contribution in [-0.4, -0.2) is 18.9 Å². The zero-order valence-corrected chi connectivity index (χ0v) is 12.2. The molecule has 104 valence electrons. The van der Waals surface area contributed by atoms with Crippen LogP contribution in [0.25, 0.3) is 0 Å². The number of rotatable bonds is 5. The highest BCUT2D eigenvalue weighted by Gasteiger charge is 2.30. The first-order chi connectivity index (χ1) is 9.07. The van der Waals surface area contributed by atoms with Gasteiger partial charge in [-0.3, -0.25) is 0 Å². The molecule has 1 fully saturated rings. The van der Waals surface area contributed by atoms with Crippen LogP contribution in [-0.2, 0) is 5.54 Å². The lowest BCUT2D eigenvalue weighted by molar-refractivity contribution is 0.315. The largest absolute Gasteiger partial charge is 0.493 e. The van der Waals surface area contributed by atoms with Gasteiger partial charge in [0.05, 0.1) is 6.61 Å². The lowest BCUT2D eigenvalue weighted by Gasteiger charge is -2.26. The van der Waals surface area contributed by atoms with E-state index in [1.165, 1.54) is 12.0 Å². The highest BCUT2D eigenvalue weighted by molar-refractivity contribution is 5.98. The first-order valence-electron chi connectivity index (χ1n) is 7.15. The molecule has 0 spiro atoms. The van der Waals surface area contributed by atoms with Crippen LogP contribution in [0.15, 0.2) is 18.2 Å². The molecular weight excluding hydrogens is 236 g/mol. The van der Waals surface area contributed by atoms with Crippen molar-refractivity contribution in [1.82, 2.24) is 5.32 Å². The van der Waals surface area contributed by atoms with Crippen molar-refractivity contribution in [2.45, 2.75) is 45.6 Å². The summed E-state index contributed by atoms with van der Waals surface area (Å²) < 4.78 is 5.82. The lowest BCUT2D eigenvalue weighted by atomic mass is 9.89. The Kier molecular flexibility index (Phi) is 4.25. The molecular formula is C16H24N2O. The van der Waals surface area contributed by atoms with Gasteiger partial charge in [0.2, 0.25) is 0 Å². The van der Waals surface area contributed by atoms with Gasteiger partial charge < -0.3 is 15.5 Å². The third kappa shape index (κ3) is 2.98. The predicted molar refractivity (Wildman–Crippen MR) is 79.3 cm³/mol. The third-order valence-corrected chi connectivity index (χ3v) is 3.85. The van der Waals surface area contributed by atoms with Crippen LogP contribution in [0.4, 0.5) is 0 Å². The van der Waals surface area contributed by atoms with Crippen molar-refractivity contribution >= 4 is 5.71 Å². The second kappa shape index (κ2) is 5.74. The fraction of sp³-hybridized carbons (Fsp3) is 0.562. The minimum Gasteiger partial charge on any atom is -0.493 e. The first-order valence-corrected chi connectivity index (χ1v) is 7.15. The Balaban J connectivity index is 2.34. The van der Waals surface area contributed by atoms with E-state index in [9.17, 15) is 0 Å². The van der Waals surface area contributed by atoms with Gasteiger partial charge in [0.15, 0.2) is 0 Å². The minimum absolute atomic E-state index is 0.0544. The third-order valence-electron chi connectivity index (χ3n) is 3.85. The van der Waals surface area contributed by atoms with Crippen LogP contribution in [0, 0.1) is 5.41 Å². The molecule has 2 N–H and O–H groups in total. The molecule has 1 atom stereocenters. The maximum absolute atomic E-state index is 7.84. The van der Waals surface area contributed by atoms with E-state index in [0.717, 1.165) is 30.7 Å². The molecule has 2 rings (SSSR count). The van der Waals surface area contributed by atoms with E-state index in [1.54, 1.807) is 0 Å². The van der Waals surface area contributed by atoms with E-state index in [4.69, 9.17) is 10.1 Å². The van der Waals surface area contributed by atoms with Gasteiger partial charge in [0.25, 0.3) is 0 Å². The molecule has 1 aliphatic heterocycles. The Hall–Kier alpha value is -1.35. The number of nitrogens with one attached hydrogen (secondary N) is 2. The van der Waals surface area contributed by atoms with Crippen LogP contribution in [0.1, 0.15) is 51.2 Å². The molecule has 1 aromatic rings. The molecule has 19 heavy (non-hydrogen) atoms. The smallest absolute Gasteiger partial charge is 0.128 e. The molecule has 0 saturated carbocycles. The van der Waals surface area contributed by atoms with Gasteiger partial charge in [-0.05, 0) is 57.4 Å². The second-order valence-corrected chi connectivity index (χ2v) is 5.55. The van der Waals surface area contributed by atoms with Gasteiger partial charge in [-0.15, -0.1) is 0 Å². The molecule has 1 saturated heterocycles. The summed E-state index contributed by atoms with van der Waals surface area (Å²) in [6.45, 7) is 7.93. The maximum atomic E-state index is 7.84. The quantitative estimate of drug-likeness (QED) is 0.796. The summed E-state index contributed by atoms with van der Waals surface area (Å²) >= 11 is 0. The van der Waals surface area contributed by atoms with Crippen molar-refractivity contribution in [1.29, 1.82) is 5.41 Å². The molecule has 0 amide bonds. The summed E-state index contributed by atoms with van der Waals surface area (Å²) in [6, 6.07) is 6.26. The zero-order chi connectivity index (χ0) is 13.9. The summed E-state index contributed by atoms with van der Waals surface area (Å²) in [4.78, 5) is 0. The Morgan fingerprint density at radius 2 is 2.26 bits per heavy atom. The van der Waals surface area contributed by atoms with Crippen molar-refractivity contribution in [3.8, 4) is 5.75 Å². The number of ether oxygens (including phenoxy) is 1. The van der Waals surface area contributed by atoms with Crippen molar-refractivity contribution in [3.05, 3.63) is 29.3 Å². The molecule has 0 bridgehead atoms. The van der Waals surface area contributed by atoms with Crippen molar-refractivity contribution in [2.24, 2.45) is 0 Å². The standard InChI is InChI=1S/C16H24N2O/c1-4-10-19-15-11-13(6-7-14(15)12(2)17)16(3)8-5-9-18-16/h6-7,11,17-18H,4-5,8-10H2,1-3H3. The summed E-state index contributed by atoms with van der Waals surface area (Å²) in [5, 5.41) is 11.4. The normalized spacial score (nSPS) is 22.5. The van der Waals surface area contributed by atoms with Gasteiger partial charge in [0.1, 0.15) is 5.75 Å². The molecule has 1 aromatic carbocycles. The van der Waals surface area contributed by atoms with Crippen molar-refractivity contribution in [3.63, 3.8) is 0 Å². The molecule has 1 unspecified atom stereocenters. The van der Waals surface area contributed by atoms with Gasteiger partial charge in [-0.2, -0.15) is 0 Å². The van der Waals surface area contributed by atoms with Gasteiger partial charge in [-0.1, -0.05) is 13.0 Å². The molecule has 0 aliphatic carbocycles. The first kappa shape index (κ1) is 14.1. The number of benzene rings is 1. The SMILES string of the molecule is CCCOc1cc(C2(C)CCCN2)ccc1C(C)=N. The summed E-state index contributed by atoms with van der Waals surface area (Å²) in [7, 11) is 0. The Morgan fingerprint density at radius 1 is 1.47 bits per heavy atom. The molecule has 1 heterocycles. The lowest BCUT2D eigenvalue weighted by Crippen LogP contribution is -2.33. The summed E-state index contributed by atoms with van der Waals surface area (Å²) in [5.41, 5.74) is 2.78. The van der Waals surface area contributed by atoms with Crippen molar-refractivity contribution in [2.75, 3.05) is 13.2 Å². The van der Waals surface area contributed by atoms with Gasteiger partial charge in [0, 0.05) is 16.8 Å². The summed E-state index contributed by atoms with van der Waals surface area (Å²) in [5.74, 6) is 0.849. The highest BCUT2D eigenvalue weighted by Crippen LogP contribution is 2.33. The average molecular weight is 260 g/mol.